The van der Waals surface area contributed by atoms with Crippen LogP contribution < -0.4 is 4.90 Å². The Morgan fingerprint density at radius 2 is 2.27 bits per heavy atom. The van der Waals surface area contributed by atoms with Crippen LogP contribution in [0.3, 0.4) is 0 Å². The van der Waals surface area contributed by atoms with Gasteiger partial charge >= 0.3 is 6.01 Å². The third kappa shape index (κ3) is 1.67. The smallest absolute Gasteiger partial charge is 0.317 e. The molecule has 0 N–H and O–H groups in total. The predicted octanol–water partition coefficient (Wildman–Crippen LogP) is 0.202. The largest absolute Gasteiger partial charge is 0.407 e. The Kier molecular flexibility index (Phi) is 2.06. The second-order valence-corrected chi connectivity index (χ2v) is 2.21. The molecular weight excluding hydrogens is 144 g/mol. The van der Waals surface area contributed by atoms with Crippen LogP contribution in [-0.4, -0.2) is 24.3 Å². The van der Waals surface area contributed by atoms with Gasteiger partial charge in [0.25, 0.3) is 0 Å². The molecule has 0 saturated heterocycles. The average molecular weight is 152 g/mol. The van der Waals surface area contributed by atoms with Gasteiger partial charge in [0, 0.05) is 14.1 Å². The van der Waals surface area contributed by atoms with Gasteiger partial charge in [0.05, 0.1) is 6.07 Å². The maximum Gasteiger partial charge on any atom is 0.317 e. The van der Waals surface area contributed by atoms with Gasteiger partial charge in [0.1, 0.15) is 6.42 Å². The van der Waals surface area contributed by atoms with Crippen molar-refractivity contribution in [2.75, 3.05) is 19.0 Å². The minimum atomic E-state index is 0.167. The molecule has 0 aliphatic rings. The molecule has 0 amide bonds. The van der Waals surface area contributed by atoms with Crippen molar-refractivity contribution in [3.63, 3.8) is 0 Å². The number of hydrogen-bond donors (Lipinski definition) is 0. The highest BCUT2D eigenvalue weighted by Gasteiger charge is 2.05. The first-order valence-corrected chi connectivity index (χ1v) is 3.10. The molecular formula is C6H8N4O. The van der Waals surface area contributed by atoms with Crippen LogP contribution in [-0.2, 0) is 6.42 Å². The number of aromatic nitrogens is 2. The monoisotopic (exact) mass is 152 g/mol. The minimum Gasteiger partial charge on any atom is -0.407 e. The second kappa shape index (κ2) is 3.01. The third-order valence-corrected chi connectivity index (χ3v) is 1.07. The normalized spacial score (nSPS) is 9.18. The van der Waals surface area contributed by atoms with E-state index < -0.39 is 0 Å². The maximum atomic E-state index is 8.28. The zero-order valence-corrected chi connectivity index (χ0v) is 6.40. The SMILES string of the molecule is CN(C)c1nnc(CC#N)o1. The summed E-state index contributed by atoms with van der Waals surface area (Å²) >= 11 is 0. The van der Waals surface area contributed by atoms with Gasteiger partial charge in [-0.1, -0.05) is 5.10 Å². The zero-order chi connectivity index (χ0) is 8.27. The van der Waals surface area contributed by atoms with Crippen molar-refractivity contribution in [2.45, 2.75) is 6.42 Å². The summed E-state index contributed by atoms with van der Waals surface area (Å²) in [5, 5.41) is 15.6. The summed E-state index contributed by atoms with van der Waals surface area (Å²) < 4.78 is 5.07. The third-order valence-electron chi connectivity index (χ3n) is 1.07. The van der Waals surface area contributed by atoms with Gasteiger partial charge in [-0.15, -0.1) is 5.10 Å². The molecule has 5 heteroatoms. The lowest BCUT2D eigenvalue weighted by atomic mass is 10.5. The second-order valence-electron chi connectivity index (χ2n) is 2.21. The molecule has 0 bridgehead atoms. The van der Waals surface area contributed by atoms with Crippen LogP contribution in [0.25, 0.3) is 0 Å². The lowest BCUT2D eigenvalue weighted by Gasteiger charge is -2.02. The molecule has 11 heavy (non-hydrogen) atoms. The number of nitrogens with zero attached hydrogens (tertiary/aromatic N) is 4. The van der Waals surface area contributed by atoms with E-state index in [0.717, 1.165) is 0 Å². The highest BCUT2D eigenvalue weighted by Crippen LogP contribution is 2.07. The lowest BCUT2D eigenvalue weighted by Crippen LogP contribution is -2.08. The van der Waals surface area contributed by atoms with Gasteiger partial charge in [-0.2, -0.15) is 5.26 Å². The van der Waals surface area contributed by atoms with Crippen LogP contribution >= 0.6 is 0 Å². The van der Waals surface area contributed by atoms with Crippen LogP contribution in [0.1, 0.15) is 5.89 Å². The topological polar surface area (TPSA) is 66.0 Å². The van der Waals surface area contributed by atoms with Gasteiger partial charge < -0.3 is 9.32 Å². The quantitative estimate of drug-likeness (QED) is 0.605. The van der Waals surface area contributed by atoms with E-state index >= 15 is 0 Å². The summed E-state index contributed by atoms with van der Waals surface area (Å²) in [7, 11) is 3.59. The van der Waals surface area contributed by atoms with Crippen LogP contribution in [0.2, 0.25) is 0 Å². The fourth-order valence-electron chi connectivity index (χ4n) is 0.565. The molecule has 0 saturated carbocycles. The molecule has 0 aromatic carbocycles. The fourth-order valence-corrected chi connectivity index (χ4v) is 0.565. The van der Waals surface area contributed by atoms with E-state index in [1.165, 1.54) is 0 Å². The Morgan fingerprint density at radius 1 is 1.55 bits per heavy atom. The fraction of sp³-hybridized carbons (Fsp3) is 0.500. The van der Waals surface area contributed by atoms with Crippen molar-refractivity contribution in [3.8, 4) is 6.07 Å². The first kappa shape index (κ1) is 7.54. The molecule has 5 nitrogen and oxygen atoms in total. The van der Waals surface area contributed by atoms with E-state index in [9.17, 15) is 0 Å². The minimum absolute atomic E-state index is 0.167. The van der Waals surface area contributed by atoms with Crippen molar-refractivity contribution < 1.29 is 4.42 Å². The summed E-state index contributed by atoms with van der Waals surface area (Å²) in [4.78, 5) is 1.69. The predicted molar refractivity (Wildman–Crippen MR) is 37.9 cm³/mol. The molecule has 1 rings (SSSR count). The van der Waals surface area contributed by atoms with Gasteiger partial charge in [-0.25, -0.2) is 0 Å². The van der Waals surface area contributed by atoms with Crippen LogP contribution in [0.5, 0.6) is 0 Å². The molecule has 0 aliphatic carbocycles. The van der Waals surface area contributed by atoms with Crippen molar-refractivity contribution in [3.05, 3.63) is 5.89 Å². The molecule has 0 spiro atoms. The summed E-state index contributed by atoms with van der Waals surface area (Å²) in [6, 6.07) is 2.35. The number of hydrogen-bond acceptors (Lipinski definition) is 5. The highest BCUT2D eigenvalue weighted by molar-refractivity contribution is 5.19. The maximum absolute atomic E-state index is 8.28. The lowest BCUT2D eigenvalue weighted by molar-refractivity contribution is 0.509. The van der Waals surface area contributed by atoms with Crippen molar-refractivity contribution >= 4 is 6.01 Å². The Morgan fingerprint density at radius 3 is 2.73 bits per heavy atom. The van der Waals surface area contributed by atoms with E-state index in [1.54, 1.807) is 19.0 Å². The Bertz CT molecular complexity index is 272. The summed E-state index contributed by atoms with van der Waals surface area (Å²) in [6.07, 6.45) is 0.167. The number of anilines is 1. The van der Waals surface area contributed by atoms with E-state index in [-0.39, 0.29) is 6.42 Å². The Labute approximate surface area is 64.2 Å². The zero-order valence-electron chi connectivity index (χ0n) is 6.40. The first-order chi connectivity index (χ1) is 5.24. The van der Waals surface area contributed by atoms with E-state index in [2.05, 4.69) is 10.2 Å². The summed E-state index contributed by atoms with van der Waals surface area (Å²) in [6.45, 7) is 0. The van der Waals surface area contributed by atoms with Crippen LogP contribution in [0.4, 0.5) is 6.01 Å². The van der Waals surface area contributed by atoms with Crippen molar-refractivity contribution in [1.82, 2.24) is 10.2 Å². The van der Waals surface area contributed by atoms with Crippen LogP contribution in [0, 0.1) is 11.3 Å². The summed E-state index contributed by atoms with van der Waals surface area (Å²) in [5.74, 6) is 0.358. The molecule has 1 aromatic heterocycles. The van der Waals surface area contributed by atoms with Gasteiger partial charge in [-0.3, -0.25) is 0 Å². The van der Waals surface area contributed by atoms with Crippen LogP contribution in [0.15, 0.2) is 4.42 Å². The van der Waals surface area contributed by atoms with E-state index in [1.807, 2.05) is 6.07 Å². The Balaban J connectivity index is 2.75. The molecule has 1 heterocycles. The molecule has 0 atom stereocenters. The first-order valence-electron chi connectivity index (χ1n) is 3.10. The van der Waals surface area contributed by atoms with Gasteiger partial charge in [0.2, 0.25) is 5.89 Å². The van der Waals surface area contributed by atoms with E-state index in [4.69, 9.17) is 9.68 Å². The molecule has 58 valence electrons. The molecule has 0 fully saturated rings. The van der Waals surface area contributed by atoms with Crippen molar-refractivity contribution in [1.29, 1.82) is 5.26 Å². The number of nitriles is 1. The highest BCUT2D eigenvalue weighted by atomic mass is 16.4. The average Bonchev–Trinajstić information content (AvgIpc) is 2.37. The number of rotatable bonds is 2. The van der Waals surface area contributed by atoms with Crippen molar-refractivity contribution in [2.24, 2.45) is 0 Å². The molecule has 0 unspecified atom stereocenters. The molecule has 0 aliphatic heterocycles. The standard InChI is InChI=1S/C6H8N4O/c1-10(2)6-9-8-5(11-6)3-4-7/h3H2,1-2H3. The molecule has 1 aromatic rings. The molecule has 0 radical (unpaired) electrons. The Hall–Kier alpha value is -1.57. The van der Waals surface area contributed by atoms with Gasteiger partial charge in [-0.05, 0) is 0 Å². The summed E-state index contributed by atoms with van der Waals surface area (Å²) in [5.41, 5.74) is 0. The van der Waals surface area contributed by atoms with Gasteiger partial charge in [0.15, 0.2) is 0 Å². The van der Waals surface area contributed by atoms with E-state index in [0.29, 0.717) is 11.9 Å².